The van der Waals surface area contributed by atoms with Crippen molar-refractivity contribution in [3.63, 3.8) is 0 Å². The Labute approximate surface area is 217 Å². The first-order chi connectivity index (χ1) is 18.4. The smallest absolute Gasteiger partial charge is 0.281 e. The van der Waals surface area contributed by atoms with Crippen LogP contribution in [-0.4, -0.2) is 71.0 Å². The molecule has 1 aliphatic heterocycles. The van der Waals surface area contributed by atoms with Crippen molar-refractivity contribution in [2.75, 3.05) is 13.1 Å². The van der Waals surface area contributed by atoms with Gasteiger partial charge in [-0.25, -0.2) is 22.8 Å². The highest BCUT2D eigenvalue weighted by atomic mass is 32.2. The zero-order valence-corrected chi connectivity index (χ0v) is 21.3. The standard InChI is InChI=1S/C24H24N10O3S/c1-16-13-19(7-8-20(16)34-15-25-29-31-34)38(36,37)32-11-9-18(10-12-32)22-26-23-21(24(35)27-22)28-30-33(23)14-17-5-3-2-4-6-17/h2-8,13,15,18H,9-12,14H2,1H3,(H,26,27,35). The maximum Gasteiger partial charge on any atom is 0.281 e. The van der Waals surface area contributed by atoms with E-state index >= 15 is 0 Å². The number of aryl methyl sites for hydroxylation is 1. The van der Waals surface area contributed by atoms with Gasteiger partial charge in [0.25, 0.3) is 5.56 Å². The number of fused-ring (bicyclic) bond motifs is 1. The summed E-state index contributed by atoms with van der Waals surface area (Å²) in [6.45, 7) is 2.88. The minimum Gasteiger partial charge on any atom is -0.308 e. The molecule has 1 N–H and O–H groups in total. The van der Waals surface area contributed by atoms with Crippen LogP contribution in [0.4, 0.5) is 0 Å². The lowest BCUT2D eigenvalue weighted by atomic mass is 9.97. The molecule has 0 spiro atoms. The van der Waals surface area contributed by atoms with Gasteiger partial charge in [0.05, 0.1) is 17.1 Å². The molecule has 1 aliphatic rings. The molecule has 5 aromatic rings. The van der Waals surface area contributed by atoms with Gasteiger partial charge < -0.3 is 4.98 Å². The van der Waals surface area contributed by atoms with Crippen LogP contribution in [0.5, 0.6) is 0 Å². The number of tetrazole rings is 1. The van der Waals surface area contributed by atoms with Crippen LogP contribution in [-0.2, 0) is 16.6 Å². The average molecular weight is 533 g/mol. The van der Waals surface area contributed by atoms with Crippen molar-refractivity contribution < 1.29 is 8.42 Å². The van der Waals surface area contributed by atoms with Gasteiger partial charge in [0.15, 0.2) is 11.2 Å². The maximum atomic E-state index is 13.4. The van der Waals surface area contributed by atoms with Crippen LogP contribution < -0.4 is 5.56 Å². The van der Waals surface area contributed by atoms with Gasteiger partial charge in [0.2, 0.25) is 10.0 Å². The van der Waals surface area contributed by atoms with Crippen LogP contribution in [0.15, 0.2) is 64.5 Å². The SMILES string of the molecule is Cc1cc(S(=O)(=O)N2CCC(c3nc4c(nnn4Cc4ccccc4)c(=O)[nH]3)CC2)ccc1-n1cnnn1. The number of benzene rings is 2. The first-order valence-corrected chi connectivity index (χ1v) is 13.6. The zero-order valence-electron chi connectivity index (χ0n) is 20.5. The molecule has 194 valence electrons. The van der Waals surface area contributed by atoms with E-state index in [9.17, 15) is 13.2 Å². The molecule has 2 aromatic carbocycles. The Hall–Kier alpha value is -4.30. The molecule has 0 atom stereocenters. The molecular formula is C24H24N10O3S. The summed E-state index contributed by atoms with van der Waals surface area (Å²) in [4.78, 5) is 20.5. The van der Waals surface area contributed by atoms with Gasteiger partial charge in [0.1, 0.15) is 12.2 Å². The van der Waals surface area contributed by atoms with E-state index in [0.717, 1.165) is 11.1 Å². The Balaban J connectivity index is 1.20. The van der Waals surface area contributed by atoms with Gasteiger partial charge in [-0.3, -0.25) is 4.79 Å². The van der Waals surface area contributed by atoms with Crippen molar-refractivity contribution in [2.24, 2.45) is 0 Å². The van der Waals surface area contributed by atoms with Crippen molar-refractivity contribution in [1.82, 2.24) is 49.5 Å². The van der Waals surface area contributed by atoms with E-state index in [1.807, 2.05) is 37.3 Å². The van der Waals surface area contributed by atoms with Gasteiger partial charge in [-0.2, -0.15) is 4.31 Å². The molecule has 0 aliphatic carbocycles. The lowest BCUT2D eigenvalue weighted by Crippen LogP contribution is -2.38. The number of sulfonamides is 1. The molecule has 1 saturated heterocycles. The van der Waals surface area contributed by atoms with Crippen LogP contribution in [0.2, 0.25) is 0 Å². The molecule has 0 saturated carbocycles. The summed E-state index contributed by atoms with van der Waals surface area (Å²) in [5.41, 5.74) is 2.72. The van der Waals surface area contributed by atoms with E-state index in [0.29, 0.717) is 49.6 Å². The monoisotopic (exact) mass is 532 g/mol. The highest BCUT2D eigenvalue weighted by molar-refractivity contribution is 7.89. The first-order valence-electron chi connectivity index (χ1n) is 12.1. The van der Waals surface area contributed by atoms with Crippen LogP contribution in [0, 0.1) is 6.92 Å². The van der Waals surface area contributed by atoms with Crippen LogP contribution in [0.25, 0.3) is 16.9 Å². The van der Waals surface area contributed by atoms with Gasteiger partial charge >= 0.3 is 0 Å². The topological polar surface area (TPSA) is 157 Å². The van der Waals surface area contributed by atoms with Crippen molar-refractivity contribution in [3.8, 4) is 5.69 Å². The maximum absolute atomic E-state index is 13.4. The fraction of sp³-hybridized carbons (Fsp3) is 0.292. The third-order valence-corrected chi connectivity index (χ3v) is 8.70. The number of hydrogen-bond acceptors (Lipinski definition) is 9. The second-order valence-electron chi connectivity index (χ2n) is 9.24. The Morgan fingerprint density at radius 2 is 1.84 bits per heavy atom. The van der Waals surface area contributed by atoms with Crippen molar-refractivity contribution in [3.05, 3.63) is 82.2 Å². The predicted molar refractivity (Wildman–Crippen MR) is 136 cm³/mol. The molecule has 3 aromatic heterocycles. The second-order valence-corrected chi connectivity index (χ2v) is 11.2. The molecule has 13 nitrogen and oxygen atoms in total. The average Bonchev–Trinajstić information content (AvgIpc) is 3.60. The molecule has 38 heavy (non-hydrogen) atoms. The summed E-state index contributed by atoms with van der Waals surface area (Å²) in [6.07, 6.45) is 2.51. The number of aromatic nitrogens is 9. The molecule has 6 rings (SSSR count). The lowest BCUT2D eigenvalue weighted by Gasteiger charge is -2.30. The predicted octanol–water partition coefficient (Wildman–Crippen LogP) is 1.42. The molecule has 1 fully saturated rings. The highest BCUT2D eigenvalue weighted by Gasteiger charge is 2.31. The van der Waals surface area contributed by atoms with E-state index in [2.05, 4.69) is 30.8 Å². The molecular weight excluding hydrogens is 508 g/mol. The largest absolute Gasteiger partial charge is 0.308 e. The van der Waals surface area contributed by atoms with E-state index in [1.54, 1.807) is 22.9 Å². The fourth-order valence-corrected chi connectivity index (χ4v) is 6.33. The van der Waals surface area contributed by atoms with Crippen molar-refractivity contribution >= 4 is 21.2 Å². The quantitative estimate of drug-likeness (QED) is 0.341. The molecule has 4 heterocycles. The highest BCUT2D eigenvalue weighted by Crippen LogP contribution is 2.30. The molecule has 0 amide bonds. The molecule has 14 heteroatoms. The van der Waals surface area contributed by atoms with E-state index in [4.69, 9.17) is 4.98 Å². The number of nitrogens with zero attached hydrogens (tertiary/aromatic N) is 9. The third-order valence-electron chi connectivity index (χ3n) is 6.81. The van der Waals surface area contributed by atoms with E-state index in [1.165, 1.54) is 15.3 Å². The van der Waals surface area contributed by atoms with Crippen LogP contribution in [0.1, 0.15) is 35.7 Å². The van der Waals surface area contributed by atoms with Crippen LogP contribution >= 0.6 is 0 Å². The number of aromatic amines is 1. The summed E-state index contributed by atoms with van der Waals surface area (Å²) in [6, 6.07) is 14.6. The summed E-state index contributed by atoms with van der Waals surface area (Å²) >= 11 is 0. The Morgan fingerprint density at radius 1 is 1.05 bits per heavy atom. The number of hydrogen-bond donors (Lipinski definition) is 1. The summed E-state index contributed by atoms with van der Waals surface area (Å²) in [5.74, 6) is 0.431. The summed E-state index contributed by atoms with van der Waals surface area (Å²) in [5, 5.41) is 19.3. The van der Waals surface area contributed by atoms with Crippen molar-refractivity contribution in [2.45, 2.75) is 37.1 Å². The third kappa shape index (κ3) is 4.37. The zero-order chi connectivity index (χ0) is 26.3. The number of H-pyrrole nitrogens is 1. The summed E-state index contributed by atoms with van der Waals surface area (Å²) < 4.78 is 31.3. The van der Waals surface area contributed by atoms with Crippen molar-refractivity contribution in [1.29, 1.82) is 0 Å². The Kier molecular flexibility index (Phi) is 6.04. The minimum absolute atomic E-state index is 0.0949. The normalized spacial score (nSPS) is 15.3. The lowest BCUT2D eigenvalue weighted by molar-refractivity contribution is 0.313. The van der Waals surface area contributed by atoms with Gasteiger partial charge in [-0.15, -0.1) is 10.2 Å². The Bertz CT molecular complexity index is 1760. The summed E-state index contributed by atoms with van der Waals surface area (Å²) in [7, 11) is -3.69. The first kappa shape index (κ1) is 24.1. The number of rotatable bonds is 6. The van der Waals surface area contributed by atoms with Gasteiger partial charge in [-0.1, -0.05) is 35.5 Å². The van der Waals surface area contributed by atoms with Gasteiger partial charge in [0, 0.05) is 19.0 Å². The van der Waals surface area contributed by atoms with Gasteiger partial charge in [-0.05, 0) is 59.5 Å². The minimum atomic E-state index is -3.69. The number of nitrogens with one attached hydrogen (secondary N) is 1. The molecule has 0 bridgehead atoms. The molecule has 0 unspecified atom stereocenters. The second kappa shape index (κ2) is 9.54. The van der Waals surface area contributed by atoms with E-state index < -0.39 is 10.0 Å². The molecule has 0 radical (unpaired) electrons. The fourth-order valence-electron chi connectivity index (χ4n) is 4.78. The van der Waals surface area contributed by atoms with Crippen LogP contribution in [0.3, 0.4) is 0 Å². The Morgan fingerprint density at radius 3 is 2.55 bits per heavy atom. The number of piperidine rings is 1. The van der Waals surface area contributed by atoms with E-state index in [-0.39, 0.29) is 21.9 Å².